The molecule has 2 aliphatic rings. The molecule has 0 bridgehead atoms. The average molecular weight is 323 g/mol. The Bertz CT molecular complexity index is 531. The number of rotatable bonds is 3. The second kappa shape index (κ2) is 6.56. The third-order valence-electron chi connectivity index (χ3n) is 5.06. The molecule has 1 aliphatic carbocycles. The molecule has 1 aliphatic heterocycles. The van der Waals surface area contributed by atoms with Crippen molar-refractivity contribution in [2.24, 2.45) is 5.92 Å². The highest BCUT2D eigenvalue weighted by molar-refractivity contribution is 5.73. The van der Waals surface area contributed by atoms with Crippen LogP contribution in [0.25, 0.3) is 0 Å². The van der Waals surface area contributed by atoms with E-state index in [4.69, 9.17) is 4.74 Å². The second-order valence-corrected chi connectivity index (χ2v) is 6.66. The lowest BCUT2D eigenvalue weighted by Crippen LogP contribution is -2.44. The van der Waals surface area contributed by atoms with Gasteiger partial charge in [-0.15, -0.1) is 0 Å². The summed E-state index contributed by atoms with van der Waals surface area (Å²) in [4.78, 5) is 12.6. The van der Waals surface area contributed by atoms with Crippen LogP contribution in [0.5, 0.6) is 0 Å². The van der Waals surface area contributed by atoms with E-state index in [-0.39, 0.29) is 31.7 Å². The maximum absolute atomic E-state index is 13.3. The number of alkyl halides is 2. The summed E-state index contributed by atoms with van der Waals surface area (Å²) < 4.78 is 32.5. The monoisotopic (exact) mass is 323 g/mol. The summed E-state index contributed by atoms with van der Waals surface area (Å²) in [6, 6.07) is 9.77. The molecule has 3 rings (SSSR count). The second-order valence-electron chi connectivity index (χ2n) is 6.66. The third kappa shape index (κ3) is 3.71. The predicted molar refractivity (Wildman–Crippen MR) is 83.2 cm³/mol. The average Bonchev–Trinajstić information content (AvgIpc) is 2.56. The highest BCUT2D eigenvalue weighted by Gasteiger charge is 2.42. The van der Waals surface area contributed by atoms with E-state index in [2.05, 4.69) is 5.32 Å². The first-order valence-electron chi connectivity index (χ1n) is 8.38. The summed E-state index contributed by atoms with van der Waals surface area (Å²) >= 11 is 0. The number of halogens is 2. The van der Waals surface area contributed by atoms with Gasteiger partial charge in [0.25, 0.3) is 0 Å². The van der Waals surface area contributed by atoms with Gasteiger partial charge < -0.3 is 10.1 Å². The number of piperidine rings is 1. The Hall–Kier alpha value is -1.49. The molecule has 0 aromatic heterocycles. The van der Waals surface area contributed by atoms with E-state index in [1.54, 1.807) is 0 Å². The molecule has 3 nitrogen and oxygen atoms in total. The van der Waals surface area contributed by atoms with E-state index < -0.39 is 17.4 Å². The molecular formula is C18H23F2NO2. The van der Waals surface area contributed by atoms with Gasteiger partial charge in [0, 0.05) is 25.7 Å². The van der Waals surface area contributed by atoms with Crippen molar-refractivity contribution in [3.05, 3.63) is 35.9 Å². The number of hydrogen-bond acceptors (Lipinski definition) is 3. The van der Waals surface area contributed by atoms with E-state index >= 15 is 0 Å². The molecule has 1 heterocycles. The van der Waals surface area contributed by atoms with Crippen LogP contribution in [0, 0.1) is 5.92 Å². The van der Waals surface area contributed by atoms with Gasteiger partial charge in [-0.25, -0.2) is 8.78 Å². The van der Waals surface area contributed by atoms with E-state index in [9.17, 15) is 13.6 Å². The number of hydrogen-bond donors (Lipinski definition) is 1. The van der Waals surface area contributed by atoms with Crippen LogP contribution >= 0.6 is 0 Å². The molecule has 1 saturated carbocycles. The standard InChI is InChI=1S/C18H23F2NO2/c19-18(20)8-6-14(7-9-18)16(22)23-17(10-12-21-13-11-17)15-4-2-1-3-5-15/h1-5,14,21H,6-13H2. The summed E-state index contributed by atoms with van der Waals surface area (Å²) in [6.07, 6.45) is 1.43. The fourth-order valence-corrected chi connectivity index (χ4v) is 3.57. The molecule has 0 atom stereocenters. The summed E-state index contributed by atoms with van der Waals surface area (Å²) in [5.41, 5.74) is 0.375. The van der Waals surface area contributed by atoms with Crippen LogP contribution in [0.2, 0.25) is 0 Å². The Morgan fingerprint density at radius 2 is 1.65 bits per heavy atom. The minimum Gasteiger partial charge on any atom is -0.454 e. The Labute approximate surface area is 135 Å². The van der Waals surface area contributed by atoms with Crippen LogP contribution in [-0.2, 0) is 15.1 Å². The summed E-state index contributed by atoms with van der Waals surface area (Å²) in [7, 11) is 0. The Morgan fingerprint density at radius 3 is 2.26 bits per heavy atom. The summed E-state index contributed by atoms with van der Waals surface area (Å²) in [6.45, 7) is 1.57. The van der Waals surface area contributed by atoms with Crippen molar-refractivity contribution in [2.45, 2.75) is 50.0 Å². The van der Waals surface area contributed by atoms with Gasteiger partial charge in [-0.2, -0.15) is 0 Å². The van der Waals surface area contributed by atoms with E-state index in [1.165, 1.54) is 0 Å². The Balaban J connectivity index is 1.73. The molecule has 1 aromatic carbocycles. The van der Waals surface area contributed by atoms with Crippen molar-refractivity contribution in [3.63, 3.8) is 0 Å². The lowest BCUT2D eigenvalue weighted by Gasteiger charge is -2.39. The topological polar surface area (TPSA) is 38.3 Å². The van der Waals surface area contributed by atoms with Crippen LogP contribution in [0.4, 0.5) is 8.78 Å². The Morgan fingerprint density at radius 1 is 1.04 bits per heavy atom. The van der Waals surface area contributed by atoms with Crippen molar-refractivity contribution in [1.29, 1.82) is 0 Å². The molecule has 23 heavy (non-hydrogen) atoms. The van der Waals surface area contributed by atoms with Gasteiger partial charge in [0.15, 0.2) is 0 Å². The summed E-state index contributed by atoms with van der Waals surface area (Å²) in [5.74, 6) is -3.33. The SMILES string of the molecule is O=C(OC1(c2ccccc2)CCNCC1)C1CCC(F)(F)CC1. The molecular weight excluding hydrogens is 300 g/mol. The number of nitrogens with one attached hydrogen (secondary N) is 1. The highest BCUT2D eigenvalue weighted by Crippen LogP contribution is 2.40. The van der Waals surface area contributed by atoms with Gasteiger partial charge in [-0.1, -0.05) is 30.3 Å². The third-order valence-corrected chi connectivity index (χ3v) is 5.06. The maximum atomic E-state index is 13.3. The molecule has 126 valence electrons. The van der Waals surface area contributed by atoms with Gasteiger partial charge in [-0.05, 0) is 31.5 Å². The molecule has 5 heteroatoms. The summed E-state index contributed by atoms with van der Waals surface area (Å²) in [5, 5.41) is 3.28. The maximum Gasteiger partial charge on any atom is 0.309 e. The van der Waals surface area contributed by atoms with E-state index in [1.807, 2.05) is 30.3 Å². The van der Waals surface area contributed by atoms with Crippen molar-refractivity contribution in [3.8, 4) is 0 Å². The van der Waals surface area contributed by atoms with Crippen LogP contribution in [-0.4, -0.2) is 25.0 Å². The van der Waals surface area contributed by atoms with Crippen molar-refractivity contribution < 1.29 is 18.3 Å². The Kier molecular flexibility index (Phi) is 4.67. The van der Waals surface area contributed by atoms with Gasteiger partial charge in [0.1, 0.15) is 5.60 Å². The van der Waals surface area contributed by atoms with Crippen molar-refractivity contribution >= 4 is 5.97 Å². The van der Waals surface area contributed by atoms with Crippen molar-refractivity contribution in [1.82, 2.24) is 5.32 Å². The number of carbonyl (C=O) groups is 1. The van der Waals surface area contributed by atoms with E-state index in [0.29, 0.717) is 12.8 Å². The zero-order chi connectivity index (χ0) is 16.3. The zero-order valence-corrected chi connectivity index (χ0v) is 13.2. The van der Waals surface area contributed by atoms with Crippen LogP contribution in [0.1, 0.15) is 44.1 Å². The number of ether oxygens (including phenoxy) is 1. The largest absolute Gasteiger partial charge is 0.454 e. The number of benzene rings is 1. The highest BCUT2D eigenvalue weighted by atomic mass is 19.3. The molecule has 2 fully saturated rings. The quantitative estimate of drug-likeness (QED) is 0.863. The first-order chi connectivity index (χ1) is 11.0. The van der Waals surface area contributed by atoms with Gasteiger partial charge >= 0.3 is 5.97 Å². The van der Waals surface area contributed by atoms with Gasteiger partial charge in [-0.3, -0.25) is 4.79 Å². The van der Waals surface area contributed by atoms with E-state index in [0.717, 1.165) is 18.7 Å². The van der Waals surface area contributed by atoms with Gasteiger partial charge in [0.05, 0.1) is 5.92 Å². The molecule has 0 spiro atoms. The number of carbonyl (C=O) groups excluding carboxylic acids is 1. The van der Waals surface area contributed by atoms with Gasteiger partial charge in [0.2, 0.25) is 5.92 Å². The van der Waals surface area contributed by atoms with Crippen molar-refractivity contribution in [2.75, 3.05) is 13.1 Å². The van der Waals surface area contributed by atoms with Crippen LogP contribution in [0.3, 0.4) is 0 Å². The minimum atomic E-state index is -2.62. The first kappa shape index (κ1) is 16.4. The lowest BCUT2D eigenvalue weighted by molar-refractivity contribution is -0.173. The van der Waals surface area contributed by atoms with Crippen LogP contribution < -0.4 is 5.32 Å². The number of esters is 1. The molecule has 0 unspecified atom stereocenters. The fourth-order valence-electron chi connectivity index (χ4n) is 3.57. The molecule has 0 amide bonds. The lowest BCUT2D eigenvalue weighted by atomic mass is 9.83. The zero-order valence-electron chi connectivity index (χ0n) is 13.2. The smallest absolute Gasteiger partial charge is 0.309 e. The first-order valence-corrected chi connectivity index (χ1v) is 8.38. The molecule has 1 N–H and O–H groups in total. The normalized spacial score (nSPS) is 24.1. The molecule has 0 radical (unpaired) electrons. The molecule has 1 aromatic rings. The fraction of sp³-hybridized carbons (Fsp3) is 0.611. The van der Waals surface area contributed by atoms with Crippen LogP contribution in [0.15, 0.2) is 30.3 Å². The molecule has 1 saturated heterocycles. The predicted octanol–water partition coefficient (Wildman–Crippen LogP) is 3.63. The minimum absolute atomic E-state index is 0.216.